The summed E-state index contributed by atoms with van der Waals surface area (Å²) in [5.41, 5.74) is 0.756. The molecule has 0 aromatic carbocycles. The van der Waals surface area contributed by atoms with Crippen LogP contribution in [0, 0.1) is 0 Å². The molecule has 7 heteroatoms. The van der Waals surface area contributed by atoms with Crippen molar-refractivity contribution in [3.8, 4) is 0 Å². The first-order valence-corrected chi connectivity index (χ1v) is 8.90. The van der Waals surface area contributed by atoms with E-state index in [4.69, 9.17) is 4.42 Å². The molecule has 2 fully saturated rings. The number of furan rings is 1. The number of piperazine rings is 1. The lowest BCUT2D eigenvalue weighted by Gasteiger charge is -2.46. The number of thiophene rings is 1. The van der Waals surface area contributed by atoms with Crippen LogP contribution in [-0.4, -0.2) is 60.4 Å². The first-order chi connectivity index (χ1) is 11.6. The number of rotatable bonds is 2. The zero-order valence-corrected chi connectivity index (χ0v) is 14.3. The maximum absolute atomic E-state index is 12.6. The third-order valence-corrected chi connectivity index (χ3v) is 5.78. The Balaban J connectivity index is 1.56. The summed E-state index contributed by atoms with van der Waals surface area (Å²) < 4.78 is 5.24. The van der Waals surface area contributed by atoms with E-state index in [-0.39, 0.29) is 17.4 Å². The molecule has 0 N–H and O–H groups in total. The van der Waals surface area contributed by atoms with Crippen LogP contribution in [0.1, 0.15) is 17.0 Å². The SMILES string of the molecule is CN1CC(=O)N(c2ccsc2)C[C@]12CCN(C(=O)c1ccco1)C2. The number of hydrogen-bond donors (Lipinski definition) is 0. The fourth-order valence-electron chi connectivity index (χ4n) is 3.63. The van der Waals surface area contributed by atoms with Crippen molar-refractivity contribution in [1.29, 1.82) is 0 Å². The number of carbonyl (C=O) groups excluding carboxylic acids is 2. The van der Waals surface area contributed by atoms with E-state index >= 15 is 0 Å². The van der Waals surface area contributed by atoms with E-state index in [1.165, 1.54) is 6.26 Å². The summed E-state index contributed by atoms with van der Waals surface area (Å²) in [6.45, 7) is 2.27. The lowest BCUT2D eigenvalue weighted by molar-refractivity contribution is -0.123. The second-order valence-corrected chi connectivity index (χ2v) is 7.28. The quantitative estimate of drug-likeness (QED) is 0.834. The average molecular weight is 345 g/mol. The Labute approximate surface area is 144 Å². The Kier molecular flexibility index (Phi) is 3.69. The zero-order chi connectivity index (χ0) is 16.7. The number of likely N-dealkylation sites (tertiary alicyclic amines) is 1. The minimum atomic E-state index is -0.196. The van der Waals surface area contributed by atoms with Gasteiger partial charge in [0.1, 0.15) is 0 Å². The van der Waals surface area contributed by atoms with Crippen LogP contribution in [0.2, 0.25) is 0 Å². The zero-order valence-electron chi connectivity index (χ0n) is 13.5. The van der Waals surface area contributed by atoms with E-state index in [1.54, 1.807) is 23.5 Å². The number of nitrogens with zero attached hydrogens (tertiary/aromatic N) is 3. The van der Waals surface area contributed by atoms with Crippen molar-refractivity contribution >= 4 is 28.8 Å². The molecule has 2 aliphatic heterocycles. The minimum absolute atomic E-state index is 0.0794. The molecule has 0 unspecified atom stereocenters. The van der Waals surface area contributed by atoms with Crippen molar-refractivity contribution in [3.63, 3.8) is 0 Å². The monoisotopic (exact) mass is 345 g/mol. The maximum atomic E-state index is 12.6. The average Bonchev–Trinajstić information content (AvgIpc) is 3.32. The van der Waals surface area contributed by atoms with E-state index < -0.39 is 0 Å². The van der Waals surface area contributed by atoms with E-state index in [0.29, 0.717) is 31.9 Å². The van der Waals surface area contributed by atoms with Crippen LogP contribution < -0.4 is 4.90 Å². The van der Waals surface area contributed by atoms with Crippen LogP contribution in [0.3, 0.4) is 0 Å². The van der Waals surface area contributed by atoms with Gasteiger partial charge < -0.3 is 14.2 Å². The van der Waals surface area contributed by atoms with Gasteiger partial charge in [-0.05, 0) is 37.0 Å². The smallest absolute Gasteiger partial charge is 0.289 e. The first kappa shape index (κ1) is 15.4. The summed E-state index contributed by atoms with van der Waals surface area (Å²) in [6.07, 6.45) is 2.37. The second-order valence-electron chi connectivity index (χ2n) is 6.50. The normalized spacial score (nSPS) is 25.0. The molecule has 2 aromatic heterocycles. The highest BCUT2D eigenvalue weighted by molar-refractivity contribution is 7.08. The molecule has 0 aliphatic carbocycles. The van der Waals surface area contributed by atoms with Gasteiger partial charge in [-0.2, -0.15) is 11.3 Å². The Morgan fingerprint density at radius 3 is 2.92 bits per heavy atom. The molecule has 4 rings (SSSR count). The van der Waals surface area contributed by atoms with E-state index in [9.17, 15) is 9.59 Å². The van der Waals surface area contributed by atoms with Crippen molar-refractivity contribution in [1.82, 2.24) is 9.80 Å². The highest BCUT2D eigenvalue weighted by Gasteiger charge is 2.49. The lowest BCUT2D eigenvalue weighted by Crippen LogP contribution is -2.64. The number of carbonyl (C=O) groups is 2. The Morgan fingerprint density at radius 2 is 2.21 bits per heavy atom. The predicted octanol–water partition coefficient (Wildman–Crippen LogP) is 1.90. The fraction of sp³-hybridized carbons (Fsp3) is 0.412. The highest BCUT2D eigenvalue weighted by Crippen LogP contribution is 2.34. The topological polar surface area (TPSA) is 57.0 Å². The van der Waals surface area contributed by atoms with Gasteiger partial charge >= 0.3 is 0 Å². The van der Waals surface area contributed by atoms with Gasteiger partial charge in [0.25, 0.3) is 5.91 Å². The lowest BCUT2D eigenvalue weighted by atomic mass is 9.93. The largest absolute Gasteiger partial charge is 0.459 e. The Hall–Kier alpha value is -2.12. The van der Waals surface area contributed by atoms with Crippen LogP contribution in [0.15, 0.2) is 39.6 Å². The van der Waals surface area contributed by atoms with Gasteiger partial charge in [0.15, 0.2) is 5.76 Å². The molecule has 2 amide bonds. The van der Waals surface area contributed by atoms with Gasteiger partial charge in [-0.25, -0.2) is 0 Å². The van der Waals surface area contributed by atoms with Crippen LogP contribution in [0.5, 0.6) is 0 Å². The van der Waals surface area contributed by atoms with E-state index in [2.05, 4.69) is 4.90 Å². The summed E-state index contributed by atoms with van der Waals surface area (Å²) >= 11 is 1.59. The Bertz CT molecular complexity index is 743. The predicted molar refractivity (Wildman–Crippen MR) is 91.3 cm³/mol. The summed E-state index contributed by atoms with van der Waals surface area (Å²) in [4.78, 5) is 30.8. The fourth-order valence-corrected chi connectivity index (χ4v) is 4.27. The second kappa shape index (κ2) is 5.75. The third-order valence-electron chi connectivity index (χ3n) is 5.10. The molecular weight excluding hydrogens is 326 g/mol. The van der Waals surface area contributed by atoms with Crippen LogP contribution in [0.25, 0.3) is 0 Å². The summed E-state index contributed by atoms with van der Waals surface area (Å²) in [5.74, 6) is 0.401. The van der Waals surface area contributed by atoms with Gasteiger partial charge in [-0.15, -0.1) is 0 Å². The van der Waals surface area contributed by atoms with E-state index in [0.717, 1.165) is 12.1 Å². The molecule has 1 spiro atoms. The minimum Gasteiger partial charge on any atom is -0.459 e. The number of amides is 2. The molecule has 126 valence electrons. The Morgan fingerprint density at radius 1 is 1.33 bits per heavy atom. The van der Waals surface area contributed by atoms with Crippen LogP contribution in [0.4, 0.5) is 5.69 Å². The maximum Gasteiger partial charge on any atom is 0.289 e. The van der Waals surface area contributed by atoms with Gasteiger partial charge in [-0.1, -0.05) is 0 Å². The molecular formula is C17H19N3O3S. The molecule has 2 aliphatic rings. The van der Waals surface area contributed by atoms with Crippen LogP contribution >= 0.6 is 11.3 Å². The molecule has 2 aromatic rings. The molecule has 24 heavy (non-hydrogen) atoms. The van der Waals surface area contributed by atoms with Crippen LogP contribution in [-0.2, 0) is 4.79 Å². The van der Waals surface area contributed by atoms with Gasteiger partial charge in [0.05, 0.1) is 24.0 Å². The summed E-state index contributed by atoms with van der Waals surface area (Å²) in [5, 5.41) is 3.98. The first-order valence-electron chi connectivity index (χ1n) is 7.96. The molecule has 4 heterocycles. The van der Waals surface area contributed by atoms with Crippen molar-refractivity contribution in [2.24, 2.45) is 0 Å². The van der Waals surface area contributed by atoms with Crippen molar-refractivity contribution < 1.29 is 14.0 Å². The summed E-state index contributed by atoms with van der Waals surface area (Å²) in [7, 11) is 1.98. The third kappa shape index (κ3) is 2.44. The summed E-state index contributed by atoms with van der Waals surface area (Å²) in [6, 6.07) is 5.39. The van der Waals surface area contributed by atoms with Gasteiger partial charge in [0.2, 0.25) is 5.91 Å². The van der Waals surface area contributed by atoms with Gasteiger partial charge in [0, 0.05) is 25.0 Å². The van der Waals surface area contributed by atoms with Crippen molar-refractivity contribution in [2.75, 3.05) is 38.1 Å². The molecule has 2 saturated heterocycles. The highest BCUT2D eigenvalue weighted by atomic mass is 32.1. The van der Waals surface area contributed by atoms with Crippen molar-refractivity contribution in [3.05, 3.63) is 41.0 Å². The molecule has 0 bridgehead atoms. The standard InChI is InChI=1S/C17H19N3O3S/c1-18-9-15(21)20(13-4-8-24-10-13)12-17(18)5-6-19(11-17)16(22)14-3-2-7-23-14/h2-4,7-8,10H,5-6,9,11-12H2,1H3/t17-/m1/s1. The molecule has 1 atom stereocenters. The molecule has 0 radical (unpaired) electrons. The molecule has 6 nitrogen and oxygen atoms in total. The number of hydrogen-bond acceptors (Lipinski definition) is 5. The van der Waals surface area contributed by atoms with Crippen molar-refractivity contribution in [2.45, 2.75) is 12.0 Å². The molecule has 0 saturated carbocycles. The van der Waals surface area contributed by atoms with E-state index in [1.807, 2.05) is 33.7 Å². The number of likely N-dealkylation sites (N-methyl/N-ethyl adjacent to an activating group) is 1. The van der Waals surface area contributed by atoms with Gasteiger partial charge in [-0.3, -0.25) is 14.5 Å². The number of anilines is 1.